The zero-order valence-electron chi connectivity index (χ0n) is 14.6. The molecule has 0 saturated carbocycles. The monoisotopic (exact) mass is 304 g/mol. The van der Waals surface area contributed by atoms with Gasteiger partial charge in [-0.3, -0.25) is 0 Å². The van der Waals surface area contributed by atoms with Crippen molar-refractivity contribution in [2.45, 2.75) is 59.2 Å². The van der Waals surface area contributed by atoms with E-state index in [1.54, 1.807) is 0 Å². The van der Waals surface area contributed by atoms with E-state index < -0.39 is 5.60 Å². The van der Waals surface area contributed by atoms with Gasteiger partial charge in [0.25, 0.3) is 0 Å². The van der Waals surface area contributed by atoms with Gasteiger partial charge in [-0.15, -0.1) is 0 Å². The van der Waals surface area contributed by atoms with E-state index in [0.29, 0.717) is 13.1 Å². The van der Waals surface area contributed by atoms with Crippen molar-refractivity contribution in [1.82, 2.24) is 4.90 Å². The Morgan fingerprint density at radius 3 is 2.05 bits per heavy atom. The van der Waals surface area contributed by atoms with Crippen molar-refractivity contribution in [2.24, 2.45) is 0 Å². The Kier molecular flexibility index (Phi) is 4.69. The summed E-state index contributed by atoms with van der Waals surface area (Å²) in [6.07, 6.45) is -0.213. The molecule has 0 aromatic heterocycles. The van der Waals surface area contributed by atoms with Crippen LogP contribution in [0.5, 0.6) is 0 Å². The average molecular weight is 304 g/mol. The van der Waals surface area contributed by atoms with E-state index >= 15 is 0 Å². The molecule has 1 amide bonds. The molecule has 0 radical (unpaired) electrons. The number of aryl methyl sites for hydroxylation is 1. The minimum Gasteiger partial charge on any atom is -0.444 e. The molecule has 22 heavy (non-hydrogen) atoms. The Hall–Kier alpha value is -1.71. The van der Waals surface area contributed by atoms with Crippen LogP contribution in [-0.2, 0) is 4.74 Å². The van der Waals surface area contributed by atoms with Gasteiger partial charge >= 0.3 is 6.09 Å². The van der Waals surface area contributed by atoms with Crippen LogP contribution >= 0.6 is 0 Å². The highest BCUT2D eigenvalue weighted by molar-refractivity contribution is 5.69. The van der Waals surface area contributed by atoms with E-state index in [-0.39, 0.29) is 18.2 Å². The second-order valence-electron chi connectivity index (χ2n) is 7.33. The number of hydrogen-bond donors (Lipinski definition) is 0. The molecule has 0 unspecified atom stereocenters. The summed E-state index contributed by atoms with van der Waals surface area (Å²) < 4.78 is 5.50. The summed E-state index contributed by atoms with van der Waals surface area (Å²) in [4.78, 5) is 16.5. The molecular weight excluding hydrogens is 276 g/mol. The van der Waals surface area contributed by atoms with Gasteiger partial charge in [-0.25, -0.2) is 4.79 Å². The van der Waals surface area contributed by atoms with Gasteiger partial charge in [-0.05, 0) is 53.7 Å². The second-order valence-corrected chi connectivity index (χ2v) is 7.33. The van der Waals surface area contributed by atoms with E-state index in [0.717, 1.165) is 0 Å². The van der Waals surface area contributed by atoms with Crippen LogP contribution in [0.15, 0.2) is 24.3 Å². The molecule has 1 saturated heterocycles. The average Bonchev–Trinajstić information content (AvgIpc) is 2.38. The number of anilines is 1. The van der Waals surface area contributed by atoms with Crippen LogP contribution in [0.25, 0.3) is 0 Å². The zero-order valence-corrected chi connectivity index (χ0v) is 14.6. The normalized spacial score (nSPS) is 22.6. The largest absolute Gasteiger partial charge is 0.444 e. The van der Waals surface area contributed by atoms with Gasteiger partial charge in [-0.2, -0.15) is 0 Å². The highest BCUT2D eigenvalue weighted by atomic mass is 16.6. The SMILES string of the molecule is Cc1ccc(N2[C@H](C)CN(C(=O)OC(C)(C)C)C[C@@H]2C)cc1. The topological polar surface area (TPSA) is 32.8 Å². The first-order chi connectivity index (χ1) is 10.2. The summed E-state index contributed by atoms with van der Waals surface area (Å²) in [6, 6.07) is 9.11. The van der Waals surface area contributed by atoms with E-state index in [1.807, 2.05) is 25.7 Å². The lowest BCUT2D eigenvalue weighted by Crippen LogP contribution is -2.58. The van der Waals surface area contributed by atoms with Crippen LogP contribution in [-0.4, -0.2) is 41.8 Å². The molecule has 1 fully saturated rings. The van der Waals surface area contributed by atoms with Crippen LogP contribution in [0.2, 0.25) is 0 Å². The number of piperazine rings is 1. The first-order valence-electron chi connectivity index (χ1n) is 8.00. The number of nitrogens with zero attached hydrogens (tertiary/aromatic N) is 2. The molecule has 1 aromatic rings. The number of carbonyl (C=O) groups is 1. The Balaban J connectivity index is 2.09. The third-order valence-electron chi connectivity index (χ3n) is 3.90. The number of rotatable bonds is 1. The summed E-state index contributed by atoms with van der Waals surface area (Å²) in [5.74, 6) is 0. The molecule has 1 heterocycles. The van der Waals surface area contributed by atoms with Crippen molar-refractivity contribution in [3.8, 4) is 0 Å². The predicted octanol–water partition coefficient (Wildman–Crippen LogP) is 3.83. The number of hydrogen-bond acceptors (Lipinski definition) is 3. The van der Waals surface area contributed by atoms with Gasteiger partial charge in [0.05, 0.1) is 0 Å². The van der Waals surface area contributed by atoms with Gasteiger partial charge in [-0.1, -0.05) is 17.7 Å². The number of benzene rings is 1. The quantitative estimate of drug-likeness (QED) is 0.790. The molecule has 122 valence electrons. The number of ether oxygens (including phenoxy) is 1. The molecule has 0 spiro atoms. The summed E-state index contributed by atoms with van der Waals surface area (Å²) >= 11 is 0. The first kappa shape index (κ1) is 16.7. The molecule has 1 aliphatic heterocycles. The molecule has 0 aliphatic carbocycles. The standard InChI is InChI=1S/C18H28N2O2/c1-13-7-9-16(10-8-13)20-14(2)11-19(12-15(20)3)17(21)22-18(4,5)6/h7-10,14-15H,11-12H2,1-6H3/t14-,15+. The molecule has 1 aromatic carbocycles. The minimum absolute atomic E-state index is 0.213. The maximum atomic E-state index is 12.3. The zero-order chi connectivity index (χ0) is 16.5. The van der Waals surface area contributed by atoms with Crippen molar-refractivity contribution in [3.63, 3.8) is 0 Å². The highest BCUT2D eigenvalue weighted by Gasteiger charge is 2.33. The highest BCUT2D eigenvalue weighted by Crippen LogP contribution is 2.25. The third kappa shape index (κ3) is 3.93. The van der Waals surface area contributed by atoms with E-state index in [4.69, 9.17) is 4.74 Å². The predicted molar refractivity (Wildman–Crippen MR) is 90.4 cm³/mol. The Morgan fingerprint density at radius 2 is 1.59 bits per heavy atom. The summed E-state index contributed by atoms with van der Waals surface area (Å²) in [7, 11) is 0. The maximum Gasteiger partial charge on any atom is 0.410 e. The molecule has 2 atom stereocenters. The lowest BCUT2D eigenvalue weighted by molar-refractivity contribution is 0.0193. The van der Waals surface area contributed by atoms with Gasteiger partial charge in [0.2, 0.25) is 0 Å². The lowest BCUT2D eigenvalue weighted by atomic mass is 10.1. The molecular formula is C18H28N2O2. The van der Waals surface area contributed by atoms with Crippen LogP contribution < -0.4 is 4.90 Å². The van der Waals surface area contributed by atoms with Gasteiger partial charge < -0.3 is 14.5 Å². The molecule has 0 bridgehead atoms. The Morgan fingerprint density at radius 1 is 1.09 bits per heavy atom. The third-order valence-corrected chi connectivity index (χ3v) is 3.90. The number of amides is 1. The summed E-state index contributed by atoms with van der Waals surface area (Å²) in [5.41, 5.74) is 2.03. The molecule has 2 rings (SSSR count). The smallest absolute Gasteiger partial charge is 0.410 e. The van der Waals surface area contributed by atoms with Crippen LogP contribution in [0.4, 0.5) is 10.5 Å². The fraction of sp³-hybridized carbons (Fsp3) is 0.611. The van der Waals surface area contributed by atoms with Gasteiger partial charge in [0.1, 0.15) is 5.60 Å². The fourth-order valence-corrected chi connectivity index (χ4v) is 3.02. The van der Waals surface area contributed by atoms with Crippen molar-refractivity contribution < 1.29 is 9.53 Å². The molecule has 1 aliphatic rings. The van der Waals surface area contributed by atoms with Crippen molar-refractivity contribution in [3.05, 3.63) is 29.8 Å². The maximum absolute atomic E-state index is 12.3. The van der Waals surface area contributed by atoms with E-state index in [2.05, 4.69) is 49.9 Å². The summed E-state index contributed by atoms with van der Waals surface area (Å²) in [6.45, 7) is 13.5. The molecule has 4 nitrogen and oxygen atoms in total. The van der Waals surface area contributed by atoms with Crippen molar-refractivity contribution in [2.75, 3.05) is 18.0 Å². The second kappa shape index (κ2) is 6.19. The minimum atomic E-state index is -0.447. The van der Waals surface area contributed by atoms with E-state index in [9.17, 15) is 4.79 Å². The van der Waals surface area contributed by atoms with E-state index in [1.165, 1.54) is 11.3 Å². The van der Waals surface area contributed by atoms with Crippen molar-refractivity contribution >= 4 is 11.8 Å². The lowest BCUT2D eigenvalue weighted by Gasteiger charge is -2.45. The Labute approximate surface area is 134 Å². The molecule has 4 heteroatoms. The Bertz CT molecular complexity index is 507. The number of carbonyl (C=O) groups excluding carboxylic acids is 1. The van der Waals surface area contributed by atoms with Crippen LogP contribution in [0.1, 0.15) is 40.2 Å². The van der Waals surface area contributed by atoms with Gasteiger partial charge in [0.15, 0.2) is 0 Å². The first-order valence-corrected chi connectivity index (χ1v) is 8.00. The fourth-order valence-electron chi connectivity index (χ4n) is 3.02. The van der Waals surface area contributed by atoms with Crippen molar-refractivity contribution in [1.29, 1.82) is 0 Å². The van der Waals surface area contributed by atoms with Crippen LogP contribution in [0.3, 0.4) is 0 Å². The van der Waals surface area contributed by atoms with Gasteiger partial charge in [0, 0.05) is 30.9 Å². The summed E-state index contributed by atoms with van der Waals surface area (Å²) in [5, 5.41) is 0. The molecule has 0 N–H and O–H groups in total. The van der Waals surface area contributed by atoms with Crippen LogP contribution in [0, 0.1) is 6.92 Å².